The van der Waals surface area contributed by atoms with Crippen LogP contribution in [0, 0.1) is 0 Å². The van der Waals surface area contributed by atoms with Crippen LogP contribution < -0.4 is 10.6 Å². The van der Waals surface area contributed by atoms with Crippen LogP contribution in [0.1, 0.15) is 36.9 Å². The van der Waals surface area contributed by atoms with Crippen LogP contribution >= 0.6 is 0 Å². The topological polar surface area (TPSA) is 49.8 Å². The molecular formula is C16H17F3N4. The van der Waals surface area contributed by atoms with E-state index in [4.69, 9.17) is 0 Å². The summed E-state index contributed by atoms with van der Waals surface area (Å²) in [6.07, 6.45) is -2.30. The molecule has 4 nitrogen and oxygen atoms in total. The van der Waals surface area contributed by atoms with Crippen molar-refractivity contribution in [2.75, 3.05) is 17.2 Å². The number of hydrogen-bond acceptors (Lipinski definition) is 4. The van der Waals surface area contributed by atoms with Gasteiger partial charge in [-0.3, -0.25) is 0 Å². The van der Waals surface area contributed by atoms with E-state index in [1.807, 2.05) is 6.92 Å². The molecule has 1 aliphatic carbocycles. The fraction of sp³-hybridized carbons (Fsp3) is 0.375. The zero-order valence-electron chi connectivity index (χ0n) is 12.6. The fourth-order valence-corrected chi connectivity index (χ4v) is 2.33. The van der Waals surface area contributed by atoms with E-state index in [1.54, 1.807) is 12.1 Å². The first-order valence-electron chi connectivity index (χ1n) is 7.53. The highest BCUT2D eigenvalue weighted by atomic mass is 19.4. The highest BCUT2D eigenvalue weighted by molar-refractivity contribution is 5.62. The van der Waals surface area contributed by atoms with Crippen LogP contribution in [0.5, 0.6) is 0 Å². The number of nitrogens with one attached hydrogen (secondary N) is 2. The third-order valence-electron chi connectivity index (χ3n) is 3.57. The molecule has 3 rings (SSSR count). The number of hydrogen-bond donors (Lipinski definition) is 2. The minimum absolute atomic E-state index is 0.0112. The molecule has 23 heavy (non-hydrogen) atoms. The average Bonchev–Trinajstić information content (AvgIpc) is 3.31. The standard InChI is InChI=1S/C16H17F3N4/c1-2-20-15-22-13(10-7-8-10)9-14(23-15)21-12-6-4-3-5-11(12)16(17,18)19/h3-6,9-10H,2,7-8H2,1H3,(H2,20,21,22,23). The summed E-state index contributed by atoms with van der Waals surface area (Å²) in [6, 6.07) is 7.11. The summed E-state index contributed by atoms with van der Waals surface area (Å²) < 4.78 is 39.3. The Hall–Kier alpha value is -2.31. The van der Waals surface area contributed by atoms with Gasteiger partial charge in [-0.25, -0.2) is 4.98 Å². The molecule has 0 unspecified atom stereocenters. The zero-order valence-corrected chi connectivity index (χ0v) is 12.6. The van der Waals surface area contributed by atoms with E-state index in [2.05, 4.69) is 20.6 Å². The highest BCUT2D eigenvalue weighted by Crippen LogP contribution is 2.40. The highest BCUT2D eigenvalue weighted by Gasteiger charge is 2.33. The summed E-state index contributed by atoms with van der Waals surface area (Å²) in [5.74, 6) is 1.19. The summed E-state index contributed by atoms with van der Waals surface area (Å²) in [4.78, 5) is 8.66. The molecule has 1 aliphatic rings. The summed E-state index contributed by atoms with van der Waals surface area (Å²) in [6.45, 7) is 2.56. The van der Waals surface area contributed by atoms with E-state index in [9.17, 15) is 13.2 Å². The quantitative estimate of drug-likeness (QED) is 0.848. The molecule has 122 valence electrons. The molecule has 2 aromatic rings. The lowest BCUT2D eigenvalue weighted by molar-refractivity contribution is -0.136. The maximum absolute atomic E-state index is 13.1. The lowest BCUT2D eigenvalue weighted by Crippen LogP contribution is -2.10. The minimum atomic E-state index is -4.42. The second kappa shape index (κ2) is 6.06. The third kappa shape index (κ3) is 3.72. The Kier molecular flexibility index (Phi) is 4.11. The van der Waals surface area contributed by atoms with Crippen LogP contribution in [0.3, 0.4) is 0 Å². The van der Waals surface area contributed by atoms with E-state index >= 15 is 0 Å². The van der Waals surface area contributed by atoms with Gasteiger partial charge in [-0.05, 0) is 31.9 Å². The van der Waals surface area contributed by atoms with Gasteiger partial charge in [0.15, 0.2) is 0 Å². The summed E-state index contributed by atoms with van der Waals surface area (Å²) in [7, 11) is 0. The molecule has 0 amide bonds. The van der Waals surface area contributed by atoms with Crippen LogP contribution in [0.25, 0.3) is 0 Å². The Balaban J connectivity index is 1.94. The van der Waals surface area contributed by atoms with E-state index < -0.39 is 11.7 Å². The Morgan fingerprint density at radius 1 is 1.17 bits per heavy atom. The fourth-order valence-electron chi connectivity index (χ4n) is 2.33. The first-order chi connectivity index (χ1) is 11.0. The molecule has 1 aromatic heterocycles. The summed E-state index contributed by atoms with van der Waals surface area (Å²) >= 11 is 0. The van der Waals surface area contributed by atoms with Crippen LogP contribution in [-0.2, 0) is 6.18 Å². The predicted molar refractivity (Wildman–Crippen MR) is 82.9 cm³/mol. The molecule has 1 aromatic carbocycles. The Labute approximate surface area is 132 Å². The molecule has 7 heteroatoms. The number of halogens is 3. The van der Waals surface area contributed by atoms with Crippen molar-refractivity contribution in [2.24, 2.45) is 0 Å². The second-order valence-corrected chi connectivity index (χ2v) is 5.47. The SMILES string of the molecule is CCNc1nc(Nc2ccccc2C(F)(F)F)cc(C2CC2)n1. The molecular weight excluding hydrogens is 305 g/mol. The average molecular weight is 322 g/mol. The van der Waals surface area contributed by atoms with Gasteiger partial charge in [-0.2, -0.15) is 18.2 Å². The monoisotopic (exact) mass is 322 g/mol. The molecule has 0 aliphatic heterocycles. The van der Waals surface area contributed by atoms with Crippen LogP contribution in [0.2, 0.25) is 0 Å². The maximum Gasteiger partial charge on any atom is 0.418 e. The number of alkyl halides is 3. The Morgan fingerprint density at radius 2 is 1.91 bits per heavy atom. The number of rotatable bonds is 5. The van der Waals surface area contributed by atoms with Crippen molar-refractivity contribution in [1.29, 1.82) is 0 Å². The van der Waals surface area contributed by atoms with E-state index in [1.165, 1.54) is 12.1 Å². The lowest BCUT2D eigenvalue weighted by Gasteiger charge is -2.15. The third-order valence-corrected chi connectivity index (χ3v) is 3.57. The summed E-state index contributed by atoms with van der Waals surface area (Å²) in [5, 5.41) is 5.81. The maximum atomic E-state index is 13.1. The van der Waals surface area contributed by atoms with Crippen molar-refractivity contribution in [3.05, 3.63) is 41.6 Å². The molecule has 1 saturated carbocycles. The Morgan fingerprint density at radius 3 is 2.57 bits per heavy atom. The second-order valence-electron chi connectivity index (χ2n) is 5.47. The number of anilines is 3. The van der Waals surface area contributed by atoms with Crippen molar-refractivity contribution in [3.63, 3.8) is 0 Å². The minimum Gasteiger partial charge on any atom is -0.354 e. The van der Waals surface area contributed by atoms with Crippen molar-refractivity contribution in [1.82, 2.24) is 9.97 Å². The van der Waals surface area contributed by atoms with Gasteiger partial charge in [0.25, 0.3) is 0 Å². The van der Waals surface area contributed by atoms with Crippen molar-refractivity contribution in [3.8, 4) is 0 Å². The van der Waals surface area contributed by atoms with Gasteiger partial charge in [0, 0.05) is 18.5 Å². The van der Waals surface area contributed by atoms with Crippen LogP contribution in [0.4, 0.5) is 30.6 Å². The van der Waals surface area contributed by atoms with Crippen molar-refractivity contribution < 1.29 is 13.2 Å². The Bertz CT molecular complexity index is 696. The first-order valence-corrected chi connectivity index (χ1v) is 7.53. The van der Waals surface area contributed by atoms with Gasteiger partial charge in [0.1, 0.15) is 5.82 Å². The number of para-hydroxylation sites is 1. The zero-order chi connectivity index (χ0) is 16.4. The normalized spacial score (nSPS) is 14.6. The van der Waals surface area contributed by atoms with Gasteiger partial charge < -0.3 is 10.6 Å². The smallest absolute Gasteiger partial charge is 0.354 e. The van der Waals surface area contributed by atoms with Gasteiger partial charge in [0.05, 0.1) is 16.9 Å². The van der Waals surface area contributed by atoms with Gasteiger partial charge in [-0.1, -0.05) is 12.1 Å². The molecule has 0 atom stereocenters. The largest absolute Gasteiger partial charge is 0.418 e. The van der Waals surface area contributed by atoms with Crippen molar-refractivity contribution in [2.45, 2.75) is 31.9 Å². The summed E-state index contributed by atoms with van der Waals surface area (Å²) in [5.41, 5.74) is 0.141. The first kappa shape index (κ1) is 15.6. The number of aromatic nitrogens is 2. The van der Waals surface area contributed by atoms with E-state index in [0.717, 1.165) is 24.6 Å². The molecule has 1 fully saturated rings. The molecule has 1 heterocycles. The predicted octanol–water partition coefficient (Wildman–Crippen LogP) is 4.55. The van der Waals surface area contributed by atoms with Gasteiger partial charge in [0.2, 0.25) is 5.95 Å². The molecule has 0 radical (unpaired) electrons. The van der Waals surface area contributed by atoms with Crippen LogP contribution in [-0.4, -0.2) is 16.5 Å². The van der Waals surface area contributed by atoms with E-state index in [0.29, 0.717) is 24.2 Å². The van der Waals surface area contributed by atoms with Crippen LogP contribution in [0.15, 0.2) is 30.3 Å². The van der Waals surface area contributed by atoms with Gasteiger partial charge >= 0.3 is 6.18 Å². The molecule has 2 N–H and O–H groups in total. The molecule has 0 spiro atoms. The molecule has 0 bridgehead atoms. The number of benzene rings is 1. The van der Waals surface area contributed by atoms with Gasteiger partial charge in [-0.15, -0.1) is 0 Å². The number of nitrogens with zero attached hydrogens (tertiary/aromatic N) is 2. The lowest BCUT2D eigenvalue weighted by atomic mass is 10.1. The molecule has 0 saturated heterocycles. The van der Waals surface area contributed by atoms with Crippen molar-refractivity contribution >= 4 is 17.5 Å². The van der Waals surface area contributed by atoms with E-state index in [-0.39, 0.29) is 5.69 Å².